The molecule has 1 fully saturated rings. The highest BCUT2D eigenvalue weighted by molar-refractivity contribution is 5.19. The topological polar surface area (TPSA) is 32.7 Å². The SMILES string of the molecule is OCCN1CCC(Oc2[c]cccc2)CC1. The molecule has 1 N–H and O–H groups in total. The summed E-state index contributed by atoms with van der Waals surface area (Å²) in [7, 11) is 0. The van der Waals surface area contributed by atoms with E-state index < -0.39 is 0 Å². The van der Waals surface area contributed by atoms with E-state index in [1.807, 2.05) is 24.3 Å². The Balaban J connectivity index is 1.77. The second-order valence-corrected chi connectivity index (χ2v) is 4.11. The third kappa shape index (κ3) is 3.22. The van der Waals surface area contributed by atoms with Gasteiger partial charge in [-0.3, -0.25) is 0 Å². The maximum Gasteiger partial charge on any atom is 0.127 e. The van der Waals surface area contributed by atoms with Gasteiger partial charge < -0.3 is 14.7 Å². The lowest BCUT2D eigenvalue weighted by Crippen LogP contribution is -2.39. The fourth-order valence-electron chi connectivity index (χ4n) is 2.02. The summed E-state index contributed by atoms with van der Waals surface area (Å²) in [4.78, 5) is 2.27. The number of nitrogens with zero attached hydrogens (tertiary/aromatic N) is 1. The number of ether oxygens (including phenoxy) is 1. The smallest absolute Gasteiger partial charge is 0.127 e. The van der Waals surface area contributed by atoms with Gasteiger partial charge in [0.1, 0.15) is 11.9 Å². The van der Waals surface area contributed by atoms with E-state index in [1.165, 1.54) is 0 Å². The predicted octanol–water partition coefficient (Wildman–Crippen LogP) is 1.32. The van der Waals surface area contributed by atoms with Crippen LogP contribution in [0.2, 0.25) is 0 Å². The Morgan fingerprint density at radius 2 is 2.19 bits per heavy atom. The molecule has 3 heteroatoms. The summed E-state index contributed by atoms with van der Waals surface area (Å²) in [6.07, 6.45) is 2.36. The number of hydrogen-bond acceptors (Lipinski definition) is 3. The Labute approximate surface area is 96.6 Å². The van der Waals surface area contributed by atoms with Crippen LogP contribution in [0, 0.1) is 6.07 Å². The van der Waals surface area contributed by atoms with Crippen molar-refractivity contribution in [3.05, 3.63) is 30.3 Å². The van der Waals surface area contributed by atoms with Crippen LogP contribution in [0.1, 0.15) is 12.8 Å². The molecule has 1 heterocycles. The lowest BCUT2D eigenvalue weighted by atomic mass is 10.1. The van der Waals surface area contributed by atoms with Crippen LogP contribution in [0.4, 0.5) is 0 Å². The van der Waals surface area contributed by atoms with Gasteiger partial charge in [-0.1, -0.05) is 18.2 Å². The fraction of sp³-hybridized carbons (Fsp3) is 0.538. The molecule has 16 heavy (non-hydrogen) atoms. The quantitative estimate of drug-likeness (QED) is 0.830. The van der Waals surface area contributed by atoms with Crippen LogP contribution in [-0.2, 0) is 0 Å². The maximum absolute atomic E-state index is 8.84. The largest absolute Gasteiger partial charge is 0.490 e. The number of rotatable bonds is 4. The normalized spacial score (nSPS) is 18.6. The van der Waals surface area contributed by atoms with Crippen LogP contribution < -0.4 is 4.74 Å². The minimum atomic E-state index is 0.248. The second kappa shape index (κ2) is 5.87. The van der Waals surface area contributed by atoms with E-state index in [-0.39, 0.29) is 6.61 Å². The first kappa shape index (κ1) is 11.4. The number of aliphatic hydroxyl groups is 1. The summed E-state index contributed by atoms with van der Waals surface area (Å²) >= 11 is 0. The summed E-state index contributed by atoms with van der Waals surface area (Å²) in [5.74, 6) is 0.836. The number of benzene rings is 1. The average Bonchev–Trinajstić information content (AvgIpc) is 2.33. The Kier molecular flexibility index (Phi) is 4.19. The van der Waals surface area contributed by atoms with Crippen LogP contribution in [0.25, 0.3) is 0 Å². The molecular weight excluding hydrogens is 202 g/mol. The molecule has 0 saturated carbocycles. The molecule has 0 atom stereocenters. The van der Waals surface area contributed by atoms with Crippen molar-refractivity contribution in [2.24, 2.45) is 0 Å². The van der Waals surface area contributed by atoms with E-state index in [2.05, 4.69) is 11.0 Å². The summed E-state index contributed by atoms with van der Waals surface area (Å²) in [6.45, 7) is 3.05. The third-order valence-corrected chi connectivity index (χ3v) is 2.92. The van der Waals surface area contributed by atoms with Crippen molar-refractivity contribution in [1.29, 1.82) is 0 Å². The van der Waals surface area contributed by atoms with Gasteiger partial charge in [-0.15, -0.1) is 0 Å². The molecule has 87 valence electrons. The Morgan fingerprint density at radius 3 is 2.81 bits per heavy atom. The number of likely N-dealkylation sites (tertiary alicyclic amines) is 1. The van der Waals surface area contributed by atoms with E-state index in [4.69, 9.17) is 9.84 Å². The Bertz CT molecular complexity index is 294. The molecule has 1 radical (unpaired) electrons. The zero-order valence-corrected chi connectivity index (χ0v) is 9.43. The highest BCUT2D eigenvalue weighted by Crippen LogP contribution is 2.17. The van der Waals surface area contributed by atoms with Crippen molar-refractivity contribution in [3.8, 4) is 5.75 Å². The number of β-amino-alcohol motifs (C(OH)–C–C–N with tert-alkyl or cyclic N) is 1. The standard InChI is InChI=1S/C13H18NO2/c15-11-10-14-8-6-13(7-9-14)16-12-4-2-1-3-5-12/h1-4,13,15H,6-11H2. The first-order chi connectivity index (χ1) is 7.88. The first-order valence-corrected chi connectivity index (χ1v) is 5.85. The molecule has 1 aromatic carbocycles. The minimum absolute atomic E-state index is 0.248. The van der Waals surface area contributed by atoms with Crippen molar-refractivity contribution >= 4 is 0 Å². The van der Waals surface area contributed by atoms with Gasteiger partial charge in [0.25, 0.3) is 0 Å². The van der Waals surface area contributed by atoms with Gasteiger partial charge in [0.15, 0.2) is 0 Å². The van der Waals surface area contributed by atoms with Crippen LogP contribution in [0.3, 0.4) is 0 Å². The summed E-state index contributed by atoms with van der Waals surface area (Å²) < 4.78 is 5.84. The molecular formula is C13H18NO2. The third-order valence-electron chi connectivity index (χ3n) is 2.92. The monoisotopic (exact) mass is 220 g/mol. The fourth-order valence-corrected chi connectivity index (χ4v) is 2.02. The zero-order valence-electron chi connectivity index (χ0n) is 9.43. The van der Waals surface area contributed by atoms with Crippen molar-refractivity contribution in [2.75, 3.05) is 26.2 Å². The lowest BCUT2D eigenvalue weighted by molar-refractivity contribution is 0.0887. The maximum atomic E-state index is 8.84. The van der Waals surface area contributed by atoms with Gasteiger partial charge in [-0.25, -0.2) is 0 Å². The molecule has 0 aliphatic carbocycles. The Hall–Kier alpha value is -1.06. The van der Waals surface area contributed by atoms with Gasteiger partial charge in [0.2, 0.25) is 0 Å². The van der Waals surface area contributed by atoms with Crippen molar-refractivity contribution in [2.45, 2.75) is 18.9 Å². The van der Waals surface area contributed by atoms with Crippen molar-refractivity contribution < 1.29 is 9.84 Å². The molecule has 3 nitrogen and oxygen atoms in total. The van der Waals surface area contributed by atoms with Crippen molar-refractivity contribution in [3.63, 3.8) is 0 Å². The zero-order chi connectivity index (χ0) is 11.2. The van der Waals surface area contributed by atoms with E-state index in [1.54, 1.807) is 0 Å². The van der Waals surface area contributed by atoms with Gasteiger partial charge in [0, 0.05) is 25.7 Å². The van der Waals surface area contributed by atoms with Crippen LogP contribution in [0.15, 0.2) is 24.3 Å². The summed E-state index contributed by atoms with van der Waals surface area (Å²) in [5, 5.41) is 8.84. The summed E-state index contributed by atoms with van der Waals surface area (Å²) in [6, 6.07) is 10.8. The van der Waals surface area contributed by atoms with E-state index >= 15 is 0 Å². The van der Waals surface area contributed by atoms with Crippen LogP contribution >= 0.6 is 0 Å². The second-order valence-electron chi connectivity index (χ2n) is 4.11. The number of piperidine rings is 1. The molecule has 0 amide bonds. The first-order valence-electron chi connectivity index (χ1n) is 5.85. The molecule has 1 aromatic rings. The van der Waals surface area contributed by atoms with Gasteiger partial charge in [0.05, 0.1) is 6.61 Å². The van der Waals surface area contributed by atoms with Gasteiger partial charge in [-0.2, -0.15) is 0 Å². The number of para-hydroxylation sites is 1. The lowest BCUT2D eigenvalue weighted by Gasteiger charge is -2.31. The van der Waals surface area contributed by atoms with Crippen molar-refractivity contribution in [1.82, 2.24) is 4.90 Å². The predicted molar refractivity (Wildman–Crippen MR) is 62.5 cm³/mol. The highest BCUT2D eigenvalue weighted by Gasteiger charge is 2.19. The molecule has 1 saturated heterocycles. The number of hydrogen-bond donors (Lipinski definition) is 1. The summed E-state index contributed by atoms with van der Waals surface area (Å²) in [5.41, 5.74) is 0. The average molecular weight is 220 g/mol. The van der Waals surface area contributed by atoms with E-state index in [0.717, 1.165) is 38.2 Å². The van der Waals surface area contributed by atoms with E-state index in [9.17, 15) is 0 Å². The molecule has 1 aliphatic rings. The van der Waals surface area contributed by atoms with Gasteiger partial charge in [-0.05, 0) is 18.9 Å². The van der Waals surface area contributed by atoms with Crippen LogP contribution in [-0.4, -0.2) is 42.4 Å². The van der Waals surface area contributed by atoms with Crippen LogP contribution in [0.5, 0.6) is 5.75 Å². The van der Waals surface area contributed by atoms with E-state index in [0.29, 0.717) is 6.10 Å². The highest BCUT2D eigenvalue weighted by atomic mass is 16.5. The molecule has 0 aromatic heterocycles. The molecule has 0 bridgehead atoms. The molecule has 1 aliphatic heterocycles. The Morgan fingerprint density at radius 1 is 1.38 bits per heavy atom. The molecule has 0 spiro atoms. The number of aliphatic hydroxyl groups excluding tert-OH is 1. The molecule has 0 unspecified atom stereocenters. The molecule has 2 rings (SSSR count). The minimum Gasteiger partial charge on any atom is -0.490 e. The van der Waals surface area contributed by atoms with Gasteiger partial charge >= 0.3 is 0 Å².